The second-order valence-electron chi connectivity index (χ2n) is 5.17. The minimum Gasteiger partial charge on any atom is -0.335 e. The molecule has 6 nitrogen and oxygen atoms in total. The fourth-order valence-electron chi connectivity index (χ4n) is 2.59. The van der Waals surface area contributed by atoms with Crippen molar-refractivity contribution in [1.29, 1.82) is 0 Å². The number of aromatic nitrogens is 4. The lowest BCUT2D eigenvalue weighted by molar-refractivity contribution is 0.497. The highest BCUT2D eigenvalue weighted by Gasteiger charge is 2.17. The minimum atomic E-state index is 0.157. The van der Waals surface area contributed by atoms with Crippen LogP contribution in [0.2, 0.25) is 0 Å². The van der Waals surface area contributed by atoms with E-state index in [1.54, 1.807) is 0 Å². The largest absolute Gasteiger partial charge is 0.335 e. The van der Waals surface area contributed by atoms with E-state index in [-0.39, 0.29) is 6.04 Å². The Kier molecular flexibility index (Phi) is 4.57. The first-order chi connectivity index (χ1) is 9.56. The van der Waals surface area contributed by atoms with Crippen molar-refractivity contribution in [3.05, 3.63) is 35.2 Å². The molecule has 2 heterocycles. The number of nitrogens with zero attached hydrogens (tertiary/aromatic N) is 4. The van der Waals surface area contributed by atoms with Crippen LogP contribution < -0.4 is 11.3 Å². The Labute approximate surface area is 120 Å². The van der Waals surface area contributed by atoms with Crippen molar-refractivity contribution in [3.63, 3.8) is 0 Å². The van der Waals surface area contributed by atoms with Crippen LogP contribution in [-0.2, 0) is 26.4 Å². The number of nitrogens with two attached hydrogens (primary N) is 1. The van der Waals surface area contributed by atoms with Gasteiger partial charge in [0.2, 0.25) is 0 Å². The standard InChI is InChI=1S/C14H24N6/c1-5-20-7-6-16-14(20)9-12(17-15)8-13-10(2)18-19(4)11(13)3/h6-7,12,17H,5,8-9,15H2,1-4H3. The molecule has 0 aromatic carbocycles. The Morgan fingerprint density at radius 1 is 1.35 bits per heavy atom. The van der Waals surface area contributed by atoms with Crippen LogP contribution in [0.1, 0.15) is 29.7 Å². The molecule has 1 unspecified atom stereocenters. The van der Waals surface area contributed by atoms with E-state index >= 15 is 0 Å². The number of nitrogens with one attached hydrogen (secondary N) is 1. The summed E-state index contributed by atoms with van der Waals surface area (Å²) in [5.41, 5.74) is 6.45. The number of imidazole rings is 1. The molecule has 2 rings (SSSR count). The van der Waals surface area contributed by atoms with E-state index < -0.39 is 0 Å². The van der Waals surface area contributed by atoms with Crippen LogP contribution in [0.4, 0.5) is 0 Å². The molecule has 0 aliphatic rings. The van der Waals surface area contributed by atoms with Gasteiger partial charge in [0.15, 0.2) is 0 Å². The summed E-state index contributed by atoms with van der Waals surface area (Å²) in [5, 5.41) is 4.46. The number of rotatable bonds is 6. The number of hydrogen-bond donors (Lipinski definition) is 2. The second-order valence-corrected chi connectivity index (χ2v) is 5.17. The molecule has 2 aromatic heterocycles. The highest BCUT2D eigenvalue weighted by atomic mass is 15.3. The normalized spacial score (nSPS) is 12.8. The van der Waals surface area contributed by atoms with Gasteiger partial charge in [-0.2, -0.15) is 5.10 Å². The number of aryl methyl sites for hydroxylation is 3. The molecule has 110 valence electrons. The zero-order valence-corrected chi connectivity index (χ0v) is 12.7. The summed E-state index contributed by atoms with van der Waals surface area (Å²) >= 11 is 0. The molecular weight excluding hydrogens is 252 g/mol. The van der Waals surface area contributed by atoms with Gasteiger partial charge in [-0.25, -0.2) is 4.98 Å². The fraction of sp³-hybridized carbons (Fsp3) is 0.571. The molecule has 1 atom stereocenters. The van der Waals surface area contributed by atoms with Crippen molar-refractivity contribution in [2.75, 3.05) is 0 Å². The van der Waals surface area contributed by atoms with Crippen molar-refractivity contribution in [2.24, 2.45) is 12.9 Å². The zero-order chi connectivity index (χ0) is 14.7. The van der Waals surface area contributed by atoms with Gasteiger partial charge in [0.05, 0.1) is 5.69 Å². The van der Waals surface area contributed by atoms with Crippen molar-refractivity contribution < 1.29 is 0 Å². The summed E-state index contributed by atoms with van der Waals surface area (Å²) < 4.78 is 4.07. The average Bonchev–Trinajstić information content (AvgIpc) is 2.97. The van der Waals surface area contributed by atoms with Crippen LogP contribution in [0.5, 0.6) is 0 Å². The molecule has 0 bridgehead atoms. The summed E-state index contributed by atoms with van der Waals surface area (Å²) in [7, 11) is 1.97. The maximum absolute atomic E-state index is 5.72. The van der Waals surface area contributed by atoms with Gasteiger partial charge in [-0.3, -0.25) is 16.0 Å². The lowest BCUT2D eigenvalue weighted by Gasteiger charge is -2.16. The van der Waals surface area contributed by atoms with Gasteiger partial charge in [-0.15, -0.1) is 0 Å². The van der Waals surface area contributed by atoms with Crippen molar-refractivity contribution in [1.82, 2.24) is 24.8 Å². The van der Waals surface area contributed by atoms with Crippen LogP contribution in [0.3, 0.4) is 0 Å². The SMILES string of the molecule is CCn1ccnc1CC(Cc1c(C)nn(C)c1C)NN. The van der Waals surface area contributed by atoms with Gasteiger partial charge in [-0.05, 0) is 32.8 Å². The number of hydrazine groups is 1. The van der Waals surface area contributed by atoms with Gasteiger partial charge >= 0.3 is 0 Å². The van der Waals surface area contributed by atoms with Crippen molar-refractivity contribution in [3.8, 4) is 0 Å². The van der Waals surface area contributed by atoms with E-state index in [2.05, 4.69) is 33.9 Å². The predicted molar refractivity (Wildman–Crippen MR) is 79.1 cm³/mol. The summed E-state index contributed by atoms with van der Waals surface area (Å²) in [6.45, 7) is 7.18. The van der Waals surface area contributed by atoms with E-state index in [0.717, 1.165) is 30.9 Å². The first kappa shape index (κ1) is 14.7. The lowest BCUT2D eigenvalue weighted by Crippen LogP contribution is -2.39. The van der Waals surface area contributed by atoms with Gasteiger partial charge in [0.25, 0.3) is 0 Å². The Bertz CT molecular complexity index is 568. The Balaban J connectivity index is 2.13. The average molecular weight is 276 g/mol. The van der Waals surface area contributed by atoms with Crippen LogP contribution in [-0.4, -0.2) is 25.4 Å². The molecular formula is C14H24N6. The molecule has 0 saturated heterocycles. The van der Waals surface area contributed by atoms with Crippen LogP contribution >= 0.6 is 0 Å². The second kappa shape index (κ2) is 6.19. The summed E-state index contributed by atoms with van der Waals surface area (Å²) in [4.78, 5) is 4.41. The van der Waals surface area contributed by atoms with E-state index in [9.17, 15) is 0 Å². The monoisotopic (exact) mass is 276 g/mol. The van der Waals surface area contributed by atoms with E-state index in [0.29, 0.717) is 0 Å². The van der Waals surface area contributed by atoms with Gasteiger partial charge in [0.1, 0.15) is 5.82 Å². The van der Waals surface area contributed by atoms with Gasteiger partial charge < -0.3 is 4.57 Å². The number of hydrogen-bond acceptors (Lipinski definition) is 4. The highest BCUT2D eigenvalue weighted by Crippen LogP contribution is 2.15. The smallest absolute Gasteiger partial charge is 0.110 e. The summed E-state index contributed by atoms with van der Waals surface area (Å²) in [6, 6.07) is 0.157. The fourth-order valence-corrected chi connectivity index (χ4v) is 2.59. The first-order valence-corrected chi connectivity index (χ1v) is 7.02. The minimum absolute atomic E-state index is 0.157. The van der Waals surface area contributed by atoms with E-state index in [1.807, 2.05) is 31.0 Å². The lowest BCUT2D eigenvalue weighted by atomic mass is 10.0. The molecule has 0 amide bonds. The summed E-state index contributed by atoms with van der Waals surface area (Å²) in [5.74, 6) is 6.79. The van der Waals surface area contributed by atoms with Crippen LogP contribution in [0.25, 0.3) is 0 Å². The molecule has 0 aliphatic carbocycles. The van der Waals surface area contributed by atoms with Crippen molar-refractivity contribution >= 4 is 0 Å². The first-order valence-electron chi connectivity index (χ1n) is 7.02. The quantitative estimate of drug-likeness (QED) is 0.606. The topological polar surface area (TPSA) is 73.7 Å². The van der Waals surface area contributed by atoms with Gasteiger partial charge in [0, 0.05) is 44.1 Å². The van der Waals surface area contributed by atoms with E-state index in [1.165, 1.54) is 11.3 Å². The Morgan fingerprint density at radius 2 is 2.10 bits per heavy atom. The van der Waals surface area contributed by atoms with Crippen LogP contribution in [0.15, 0.2) is 12.4 Å². The Morgan fingerprint density at radius 3 is 2.65 bits per heavy atom. The van der Waals surface area contributed by atoms with Crippen molar-refractivity contribution in [2.45, 2.75) is 46.2 Å². The molecule has 6 heteroatoms. The molecule has 3 N–H and O–H groups in total. The van der Waals surface area contributed by atoms with E-state index in [4.69, 9.17) is 5.84 Å². The highest BCUT2D eigenvalue weighted by molar-refractivity contribution is 5.25. The maximum Gasteiger partial charge on any atom is 0.110 e. The third-order valence-electron chi connectivity index (χ3n) is 3.92. The molecule has 0 spiro atoms. The molecule has 0 aliphatic heterocycles. The molecule has 0 fully saturated rings. The molecule has 20 heavy (non-hydrogen) atoms. The predicted octanol–water partition coefficient (Wildman–Crippen LogP) is 0.870. The molecule has 0 saturated carbocycles. The van der Waals surface area contributed by atoms with Gasteiger partial charge in [-0.1, -0.05) is 0 Å². The third-order valence-corrected chi connectivity index (χ3v) is 3.92. The maximum atomic E-state index is 5.72. The third kappa shape index (κ3) is 2.91. The Hall–Kier alpha value is -1.66. The zero-order valence-electron chi connectivity index (χ0n) is 12.7. The van der Waals surface area contributed by atoms with Crippen LogP contribution in [0, 0.1) is 13.8 Å². The summed E-state index contributed by atoms with van der Waals surface area (Å²) in [6.07, 6.45) is 5.51. The molecule has 0 radical (unpaired) electrons. The molecule has 2 aromatic rings.